The second kappa shape index (κ2) is 6.88. The summed E-state index contributed by atoms with van der Waals surface area (Å²) in [5.41, 5.74) is 6.26. The molecule has 0 aromatic rings. The SMILES string of the molecule is CC1OCCC1(CN)CCCCC1CCOCC1. The molecule has 3 heteroatoms. The van der Waals surface area contributed by atoms with Crippen molar-refractivity contribution in [2.75, 3.05) is 26.4 Å². The van der Waals surface area contributed by atoms with Crippen LogP contribution in [-0.2, 0) is 9.47 Å². The lowest BCUT2D eigenvalue weighted by molar-refractivity contribution is 0.0567. The molecule has 0 bridgehead atoms. The van der Waals surface area contributed by atoms with Gasteiger partial charge < -0.3 is 15.2 Å². The van der Waals surface area contributed by atoms with E-state index in [1.54, 1.807) is 0 Å². The molecular weight excluding hydrogens is 226 g/mol. The van der Waals surface area contributed by atoms with Crippen LogP contribution >= 0.6 is 0 Å². The third-order valence-electron chi connectivity index (χ3n) is 5.11. The van der Waals surface area contributed by atoms with Crippen molar-refractivity contribution in [2.45, 2.75) is 58.0 Å². The van der Waals surface area contributed by atoms with Crippen molar-refractivity contribution < 1.29 is 9.47 Å². The van der Waals surface area contributed by atoms with Crippen molar-refractivity contribution in [1.29, 1.82) is 0 Å². The zero-order chi connectivity index (χ0) is 12.8. The number of hydrogen-bond acceptors (Lipinski definition) is 3. The molecule has 0 radical (unpaired) electrons. The lowest BCUT2D eigenvalue weighted by atomic mass is 9.77. The second-order valence-corrected chi connectivity index (χ2v) is 6.13. The van der Waals surface area contributed by atoms with Crippen LogP contribution in [0.25, 0.3) is 0 Å². The van der Waals surface area contributed by atoms with Gasteiger partial charge in [0.05, 0.1) is 6.10 Å². The van der Waals surface area contributed by atoms with Crippen LogP contribution in [0.2, 0.25) is 0 Å². The fraction of sp³-hybridized carbons (Fsp3) is 1.00. The normalized spacial score (nSPS) is 34.0. The van der Waals surface area contributed by atoms with E-state index in [2.05, 4.69) is 6.92 Å². The molecule has 0 spiro atoms. The lowest BCUT2D eigenvalue weighted by Gasteiger charge is -2.31. The van der Waals surface area contributed by atoms with E-state index < -0.39 is 0 Å². The molecule has 106 valence electrons. The van der Waals surface area contributed by atoms with E-state index in [-0.39, 0.29) is 5.41 Å². The highest BCUT2D eigenvalue weighted by Gasteiger charge is 2.39. The maximum Gasteiger partial charge on any atom is 0.0616 e. The molecule has 2 saturated heterocycles. The highest BCUT2D eigenvalue weighted by Crippen LogP contribution is 2.39. The monoisotopic (exact) mass is 255 g/mol. The standard InChI is InChI=1S/C15H29NO2/c1-13-15(12-16,8-11-18-13)7-3-2-4-14-5-9-17-10-6-14/h13-14H,2-12,16H2,1H3. The van der Waals surface area contributed by atoms with Crippen LogP contribution in [-0.4, -0.2) is 32.5 Å². The first-order valence-electron chi connectivity index (χ1n) is 7.66. The van der Waals surface area contributed by atoms with Crippen LogP contribution < -0.4 is 5.73 Å². The van der Waals surface area contributed by atoms with Gasteiger partial charge in [-0.15, -0.1) is 0 Å². The second-order valence-electron chi connectivity index (χ2n) is 6.13. The van der Waals surface area contributed by atoms with Crippen LogP contribution in [0.15, 0.2) is 0 Å². The molecule has 2 unspecified atom stereocenters. The van der Waals surface area contributed by atoms with E-state index in [9.17, 15) is 0 Å². The van der Waals surface area contributed by atoms with Crippen molar-refractivity contribution in [3.05, 3.63) is 0 Å². The quantitative estimate of drug-likeness (QED) is 0.742. The van der Waals surface area contributed by atoms with Gasteiger partial charge in [-0.25, -0.2) is 0 Å². The summed E-state index contributed by atoms with van der Waals surface area (Å²) in [6.45, 7) is 5.83. The summed E-state index contributed by atoms with van der Waals surface area (Å²) in [7, 11) is 0. The Hall–Kier alpha value is -0.120. The van der Waals surface area contributed by atoms with Gasteiger partial charge in [-0.3, -0.25) is 0 Å². The molecule has 2 fully saturated rings. The van der Waals surface area contributed by atoms with Gasteiger partial charge in [0.15, 0.2) is 0 Å². The zero-order valence-corrected chi connectivity index (χ0v) is 11.8. The molecule has 2 N–H and O–H groups in total. The van der Waals surface area contributed by atoms with Crippen molar-refractivity contribution >= 4 is 0 Å². The molecule has 0 saturated carbocycles. The maximum atomic E-state index is 5.99. The molecular formula is C15H29NO2. The Kier molecular flexibility index (Phi) is 5.46. The third-order valence-corrected chi connectivity index (χ3v) is 5.11. The molecule has 2 aliphatic heterocycles. The number of hydrogen-bond donors (Lipinski definition) is 1. The predicted octanol–water partition coefficient (Wildman–Crippen LogP) is 2.73. The maximum absolute atomic E-state index is 5.99. The van der Waals surface area contributed by atoms with Crippen molar-refractivity contribution in [3.63, 3.8) is 0 Å². The van der Waals surface area contributed by atoms with Gasteiger partial charge in [-0.2, -0.15) is 0 Å². The molecule has 3 nitrogen and oxygen atoms in total. The smallest absolute Gasteiger partial charge is 0.0616 e. The van der Waals surface area contributed by atoms with E-state index in [0.29, 0.717) is 6.10 Å². The lowest BCUT2D eigenvalue weighted by Crippen LogP contribution is -2.36. The van der Waals surface area contributed by atoms with Crippen molar-refractivity contribution in [3.8, 4) is 0 Å². The number of nitrogens with two attached hydrogens (primary N) is 1. The van der Waals surface area contributed by atoms with Crippen molar-refractivity contribution in [1.82, 2.24) is 0 Å². The van der Waals surface area contributed by atoms with E-state index in [0.717, 1.165) is 38.7 Å². The average Bonchev–Trinajstić information content (AvgIpc) is 2.78. The minimum Gasteiger partial charge on any atom is -0.381 e. The highest BCUT2D eigenvalue weighted by molar-refractivity contribution is 4.90. The Balaban J connectivity index is 1.64. The summed E-state index contributed by atoms with van der Waals surface area (Å²) < 4.78 is 11.1. The first kappa shape index (κ1) is 14.3. The number of unbranched alkanes of at least 4 members (excludes halogenated alkanes) is 1. The average molecular weight is 255 g/mol. The van der Waals surface area contributed by atoms with E-state index >= 15 is 0 Å². The fourth-order valence-corrected chi connectivity index (χ4v) is 3.46. The van der Waals surface area contributed by atoms with E-state index in [1.165, 1.54) is 38.5 Å². The Bertz CT molecular complexity index is 241. The van der Waals surface area contributed by atoms with Gasteiger partial charge in [0.1, 0.15) is 0 Å². The summed E-state index contributed by atoms with van der Waals surface area (Å²) in [4.78, 5) is 0. The zero-order valence-electron chi connectivity index (χ0n) is 11.8. The summed E-state index contributed by atoms with van der Waals surface area (Å²) in [5, 5.41) is 0. The Labute approximate surface area is 111 Å². The summed E-state index contributed by atoms with van der Waals surface area (Å²) >= 11 is 0. The van der Waals surface area contributed by atoms with Gasteiger partial charge in [-0.1, -0.05) is 19.3 Å². The molecule has 2 aliphatic rings. The molecule has 0 aliphatic carbocycles. The van der Waals surface area contributed by atoms with Gasteiger partial charge in [0, 0.05) is 31.8 Å². The van der Waals surface area contributed by atoms with Crippen LogP contribution in [0.4, 0.5) is 0 Å². The number of rotatable bonds is 6. The van der Waals surface area contributed by atoms with E-state index in [4.69, 9.17) is 15.2 Å². The minimum atomic E-state index is 0.273. The van der Waals surface area contributed by atoms with Crippen LogP contribution in [0.5, 0.6) is 0 Å². The first-order chi connectivity index (χ1) is 8.77. The minimum absolute atomic E-state index is 0.273. The summed E-state index contributed by atoms with van der Waals surface area (Å²) in [5.74, 6) is 0.907. The fourth-order valence-electron chi connectivity index (χ4n) is 3.46. The molecule has 0 aromatic carbocycles. The molecule has 18 heavy (non-hydrogen) atoms. The Morgan fingerprint density at radius 2 is 1.94 bits per heavy atom. The largest absolute Gasteiger partial charge is 0.381 e. The Morgan fingerprint density at radius 3 is 2.56 bits per heavy atom. The van der Waals surface area contributed by atoms with Crippen molar-refractivity contribution in [2.24, 2.45) is 17.1 Å². The first-order valence-corrected chi connectivity index (χ1v) is 7.66. The molecule has 2 rings (SSSR count). The van der Waals surface area contributed by atoms with Gasteiger partial charge in [-0.05, 0) is 38.5 Å². The molecule has 2 heterocycles. The predicted molar refractivity (Wildman–Crippen MR) is 73.5 cm³/mol. The van der Waals surface area contributed by atoms with E-state index in [1.807, 2.05) is 0 Å². The van der Waals surface area contributed by atoms with Crippen LogP contribution in [0.1, 0.15) is 51.9 Å². The Morgan fingerprint density at radius 1 is 1.17 bits per heavy atom. The summed E-state index contributed by atoms with van der Waals surface area (Å²) in [6.07, 6.45) is 9.31. The van der Waals surface area contributed by atoms with Gasteiger partial charge >= 0.3 is 0 Å². The van der Waals surface area contributed by atoms with Gasteiger partial charge in [0.2, 0.25) is 0 Å². The van der Waals surface area contributed by atoms with Crippen LogP contribution in [0, 0.1) is 11.3 Å². The third kappa shape index (κ3) is 3.46. The van der Waals surface area contributed by atoms with Gasteiger partial charge in [0.25, 0.3) is 0 Å². The number of ether oxygens (including phenoxy) is 2. The van der Waals surface area contributed by atoms with Crippen LogP contribution in [0.3, 0.4) is 0 Å². The molecule has 2 atom stereocenters. The highest BCUT2D eigenvalue weighted by atomic mass is 16.5. The summed E-state index contributed by atoms with van der Waals surface area (Å²) in [6, 6.07) is 0. The topological polar surface area (TPSA) is 44.5 Å². The molecule has 0 amide bonds. The molecule has 0 aromatic heterocycles.